The number of pyridine rings is 1. The van der Waals surface area contributed by atoms with Crippen LogP contribution in [-0.2, 0) is 17.8 Å². The molecule has 0 saturated heterocycles. The molecule has 1 aromatic rings. The molecule has 1 aromatic heterocycles. The maximum Gasteiger partial charge on any atom is 0.169 e. The summed E-state index contributed by atoms with van der Waals surface area (Å²) in [6.07, 6.45) is 10.9. The normalized spacial score (nSPS) is 9.50. The highest BCUT2D eigenvalue weighted by Gasteiger charge is 1.99. The van der Waals surface area contributed by atoms with E-state index in [1.54, 1.807) is 0 Å². The van der Waals surface area contributed by atoms with Crippen LogP contribution < -0.4 is 9.67 Å². The van der Waals surface area contributed by atoms with Crippen LogP contribution in [0.3, 0.4) is 0 Å². The van der Waals surface area contributed by atoms with E-state index < -0.39 is 5.97 Å². The van der Waals surface area contributed by atoms with Crippen molar-refractivity contribution in [2.45, 2.75) is 59.4 Å². The van der Waals surface area contributed by atoms with Crippen LogP contribution in [0.15, 0.2) is 24.5 Å². The number of rotatable bonds is 6. The Morgan fingerprint density at radius 1 is 1.17 bits per heavy atom. The smallest absolute Gasteiger partial charge is 0.169 e. The van der Waals surface area contributed by atoms with Gasteiger partial charge in [0.25, 0.3) is 0 Å². The molecule has 1 heterocycles. The van der Waals surface area contributed by atoms with E-state index >= 15 is 0 Å². The van der Waals surface area contributed by atoms with Crippen LogP contribution >= 0.6 is 0 Å². The van der Waals surface area contributed by atoms with Gasteiger partial charge in [-0.1, -0.05) is 26.7 Å². The third kappa shape index (κ3) is 9.82. The third-order valence-corrected chi connectivity index (χ3v) is 2.64. The topological polar surface area (TPSA) is 44.0 Å². The molecule has 0 aromatic carbocycles. The van der Waals surface area contributed by atoms with E-state index in [1.165, 1.54) is 37.8 Å². The quantitative estimate of drug-likeness (QED) is 0.572. The Hall–Kier alpha value is -1.38. The van der Waals surface area contributed by atoms with Crippen molar-refractivity contribution in [3.05, 3.63) is 30.1 Å². The summed E-state index contributed by atoms with van der Waals surface area (Å²) in [7, 11) is 0. The minimum Gasteiger partial charge on any atom is -0.550 e. The lowest BCUT2D eigenvalue weighted by atomic mass is 10.2. The van der Waals surface area contributed by atoms with Crippen LogP contribution in [0.5, 0.6) is 0 Å². The van der Waals surface area contributed by atoms with Crippen LogP contribution in [0.1, 0.15) is 52.0 Å². The maximum atomic E-state index is 8.89. The molecule has 1 rings (SSSR count). The van der Waals surface area contributed by atoms with Gasteiger partial charge in [-0.15, -0.1) is 0 Å². The molecule has 0 saturated carbocycles. The zero-order valence-electron chi connectivity index (χ0n) is 11.8. The summed E-state index contributed by atoms with van der Waals surface area (Å²) in [5, 5.41) is 8.89. The molecule has 0 aliphatic rings. The first-order valence-electron chi connectivity index (χ1n) is 6.75. The van der Waals surface area contributed by atoms with Crippen LogP contribution in [0.4, 0.5) is 0 Å². The summed E-state index contributed by atoms with van der Waals surface area (Å²) >= 11 is 0. The Balaban J connectivity index is 0.000000631. The average molecular weight is 251 g/mol. The summed E-state index contributed by atoms with van der Waals surface area (Å²) < 4.78 is 2.29. The van der Waals surface area contributed by atoms with Gasteiger partial charge in [0.2, 0.25) is 0 Å². The van der Waals surface area contributed by atoms with E-state index in [4.69, 9.17) is 9.90 Å². The number of carbonyl (C=O) groups is 1. The van der Waals surface area contributed by atoms with E-state index in [0.29, 0.717) is 0 Å². The van der Waals surface area contributed by atoms with Gasteiger partial charge in [0.1, 0.15) is 6.54 Å². The van der Waals surface area contributed by atoms with Crippen molar-refractivity contribution < 1.29 is 14.5 Å². The summed E-state index contributed by atoms with van der Waals surface area (Å²) in [5.41, 5.74) is 1.43. The highest BCUT2D eigenvalue weighted by Crippen LogP contribution is 1.99. The van der Waals surface area contributed by atoms with E-state index in [1.807, 2.05) is 0 Å². The fraction of sp³-hybridized carbons (Fsp3) is 0.600. The van der Waals surface area contributed by atoms with Gasteiger partial charge in [0, 0.05) is 24.5 Å². The molecule has 0 aliphatic heterocycles. The Kier molecular flexibility index (Phi) is 9.93. The van der Waals surface area contributed by atoms with Crippen LogP contribution in [0.25, 0.3) is 0 Å². The summed E-state index contributed by atoms with van der Waals surface area (Å²) in [6, 6.07) is 4.44. The van der Waals surface area contributed by atoms with Crippen molar-refractivity contribution in [2.75, 3.05) is 0 Å². The summed E-state index contributed by atoms with van der Waals surface area (Å²) in [5.74, 6) is -1.08. The molecule has 18 heavy (non-hydrogen) atoms. The fourth-order valence-corrected chi connectivity index (χ4v) is 1.59. The number of aromatic nitrogens is 1. The van der Waals surface area contributed by atoms with Gasteiger partial charge in [-0.2, -0.15) is 0 Å². The molecule has 3 heteroatoms. The second-order valence-corrected chi connectivity index (χ2v) is 4.35. The molecule has 102 valence electrons. The molecular formula is C15H25NO2. The minimum atomic E-state index is -1.08. The van der Waals surface area contributed by atoms with Crippen LogP contribution in [0, 0.1) is 0 Å². The molecular weight excluding hydrogens is 226 g/mol. The average Bonchev–Trinajstić information content (AvgIpc) is 2.35. The van der Waals surface area contributed by atoms with Gasteiger partial charge in [-0.3, -0.25) is 0 Å². The predicted molar refractivity (Wildman–Crippen MR) is 70.8 cm³/mol. The number of hydrogen-bond acceptors (Lipinski definition) is 2. The van der Waals surface area contributed by atoms with E-state index in [0.717, 1.165) is 13.3 Å². The number of unbranched alkanes of at least 4 members (excludes halogenated alkanes) is 3. The van der Waals surface area contributed by atoms with Crippen molar-refractivity contribution in [1.29, 1.82) is 0 Å². The van der Waals surface area contributed by atoms with Gasteiger partial charge in [-0.05, 0) is 25.3 Å². The van der Waals surface area contributed by atoms with E-state index in [-0.39, 0.29) is 0 Å². The Bertz CT molecular complexity index is 316. The summed E-state index contributed by atoms with van der Waals surface area (Å²) in [6.45, 7) is 6.59. The lowest BCUT2D eigenvalue weighted by molar-refractivity contribution is -0.697. The first-order valence-corrected chi connectivity index (χ1v) is 6.75. The minimum absolute atomic E-state index is 0.972. The third-order valence-electron chi connectivity index (χ3n) is 2.64. The standard InChI is InChI=1S/C13H22N.C2H4O2/c1-3-5-6-7-10-14-11-8-13(4-2)9-12-14;1-2(3)4/h8-9,11-12H,3-7,10H2,1-2H3;1H3,(H,3,4)/q+1;/p-1. The molecule has 0 bridgehead atoms. The van der Waals surface area contributed by atoms with Crippen molar-refractivity contribution in [3.8, 4) is 0 Å². The SMILES string of the molecule is CC(=O)[O-].CCCCCC[n+]1ccc(CC)cc1. The van der Waals surface area contributed by atoms with Crippen molar-refractivity contribution >= 4 is 5.97 Å². The van der Waals surface area contributed by atoms with Gasteiger partial charge in [0.05, 0.1) is 0 Å². The molecule has 0 amide bonds. The number of carbonyl (C=O) groups excluding carboxylic acids is 1. The number of carboxylic acid groups (broad SMARTS) is 1. The number of hydrogen-bond donors (Lipinski definition) is 0. The molecule has 0 unspecified atom stereocenters. The number of nitrogens with zero attached hydrogens (tertiary/aromatic N) is 1. The second-order valence-electron chi connectivity index (χ2n) is 4.35. The molecule has 0 aliphatic carbocycles. The molecule has 3 nitrogen and oxygen atoms in total. The highest BCUT2D eigenvalue weighted by atomic mass is 16.4. The van der Waals surface area contributed by atoms with Gasteiger partial charge in [0.15, 0.2) is 12.4 Å². The zero-order valence-corrected chi connectivity index (χ0v) is 11.8. The van der Waals surface area contributed by atoms with Crippen LogP contribution in [0.2, 0.25) is 0 Å². The molecule has 0 fully saturated rings. The predicted octanol–water partition coefficient (Wildman–Crippen LogP) is 1.87. The van der Waals surface area contributed by atoms with Crippen molar-refractivity contribution in [2.24, 2.45) is 0 Å². The fourth-order valence-electron chi connectivity index (χ4n) is 1.59. The van der Waals surface area contributed by atoms with Crippen LogP contribution in [-0.4, -0.2) is 5.97 Å². The highest BCUT2D eigenvalue weighted by molar-refractivity contribution is 5.60. The Morgan fingerprint density at radius 2 is 1.72 bits per heavy atom. The molecule has 0 atom stereocenters. The number of carboxylic acids is 1. The molecule has 0 N–H and O–H groups in total. The zero-order chi connectivity index (χ0) is 13.8. The van der Waals surface area contributed by atoms with Crippen molar-refractivity contribution in [3.63, 3.8) is 0 Å². The first kappa shape index (κ1) is 16.6. The Labute approximate surface area is 110 Å². The molecule has 0 spiro atoms. The number of aliphatic carboxylic acids is 1. The van der Waals surface area contributed by atoms with E-state index in [9.17, 15) is 0 Å². The number of aryl methyl sites for hydroxylation is 2. The van der Waals surface area contributed by atoms with Gasteiger partial charge >= 0.3 is 0 Å². The maximum absolute atomic E-state index is 8.89. The monoisotopic (exact) mass is 251 g/mol. The van der Waals surface area contributed by atoms with Gasteiger partial charge in [-0.25, -0.2) is 4.57 Å². The Morgan fingerprint density at radius 3 is 2.17 bits per heavy atom. The summed E-state index contributed by atoms with van der Waals surface area (Å²) in [4.78, 5) is 8.89. The van der Waals surface area contributed by atoms with E-state index in [2.05, 4.69) is 42.9 Å². The largest absolute Gasteiger partial charge is 0.550 e. The lowest BCUT2D eigenvalue weighted by Crippen LogP contribution is -2.32. The van der Waals surface area contributed by atoms with Crippen molar-refractivity contribution in [1.82, 2.24) is 0 Å². The first-order chi connectivity index (χ1) is 8.60. The van der Waals surface area contributed by atoms with Gasteiger partial charge < -0.3 is 9.90 Å². The molecule has 0 radical (unpaired) electrons. The lowest BCUT2D eigenvalue weighted by Gasteiger charge is -1.98. The second kappa shape index (κ2) is 10.8.